The van der Waals surface area contributed by atoms with Crippen molar-refractivity contribution in [3.63, 3.8) is 0 Å². The fourth-order valence-electron chi connectivity index (χ4n) is 2.68. The average molecular weight is 335 g/mol. The van der Waals surface area contributed by atoms with Gasteiger partial charge in [0.25, 0.3) is 11.5 Å². The van der Waals surface area contributed by atoms with E-state index in [2.05, 4.69) is 25.5 Å². The van der Waals surface area contributed by atoms with Crippen LogP contribution in [0, 0.1) is 6.92 Å². The summed E-state index contributed by atoms with van der Waals surface area (Å²) in [4.78, 5) is 30.8. The molecule has 25 heavy (non-hydrogen) atoms. The van der Waals surface area contributed by atoms with Gasteiger partial charge in [-0.25, -0.2) is 4.98 Å². The Morgan fingerprint density at radius 1 is 1.20 bits per heavy atom. The van der Waals surface area contributed by atoms with Crippen molar-refractivity contribution < 1.29 is 4.79 Å². The zero-order valence-corrected chi connectivity index (χ0v) is 13.7. The van der Waals surface area contributed by atoms with Gasteiger partial charge in [-0.1, -0.05) is 0 Å². The third-order valence-electron chi connectivity index (χ3n) is 4.13. The number of amides is 1. The molecular formula is C18H17N5O2. The van der Waals surface area contributed by atoms with E-state index >= 15 is 0 Å². The summed E-state index contributed by atoms with van der Waals surface area (Å²) in [6.45, 7) is 1.77. The van der Waals surface area contributed by atoms with Crippen molar-refractivity contribution >= 4 is 11.6 Å². The molecule has 7 nitrogen and oxygen atoms in total. The summed E-state index contributed by atoms with van der Waals surface area (Å²) in [7, 11) is 0. The molecule has 126 valence electrons. The first-order valence-corrected chi connectivity index (χ1v) is 8.13. The van der Waals surface area contributed by atoms with E-state index in [4.69, 9.17) is 0 Å². The summed E-state index contributed by atoms with van der Waals surface area (Å²) >= 11 is 0. The minimum Gasteiger partial charge on any atom is -0.321 e. The Balaban J connectivity index is 1.49. The van der Waals surface area contributed by atoms with Crippen molar-refractivity contribution in [1.29, 1.82) is 0 Å². The molecule has 0 spiro atoms. The van der Waals surface area contributed by atoms with Gasteiger partial charge in [-0.05, 0) is 50.1 Å². The zero-order valence-electron chi connectivity index (χ0n) is 13.7. The van der Waals surface area contributed by atoms with Gasteiger partial charge in [0.1, 0.15) is 5.82 Å². The molecule has 0 aliphatic heterocycles. The van der Waals surface area contributed by atoms with E-state index in [1.165, 1.54) is 6.07 Å². The van der Waals surface area contributed by atoms with E-state index in [9.17, 15) is 9.59 Å². The molecule has 0 bridgehead atoms. The standard InChI is InChI=1S/C18H17N5O2/c1-10-8-16(24)21-17(19-10)12-4-6-13(7-5-12)20-18(25)15-9-14(22-23-15)11-2-3-11/h4-9,11H,2-3H2,1H3,(H,20,25)(H,22,23)(H,19,21,24). The molecule has 1 saturated carbocycles. The number of aromatic amines is 2. The van der Waals surface area contributed by atoms with Gasteiger partial charge in [0.05, 0.1) is 0 Å². The summed E-state index contributed by atoms with van der Waals surface area (Å²) in [6, 6.07) is 10.4. The number of anilines is 1. The van der Waals surface area contributed by atoms with E-state index < -0.39 is 0 Å². The Bertz CT molecular complexity index is 983. The van der Waals surface area contributed by atoms with E-state index in [-0.39, 0.29) is 11.5 Å². The van der Waals surface area contributed by atoms with E-state index in [0.29, 0.717) is 28.8 Å². The average Bonchev–Trinajstić information content (AvgIpc) is 3.31. The van der Waals surface area contributed by atoms with E-state index in [1.54, 1.807) is 31.2 Å². The van der Waals surface area contributed by atoms with Crippen molar-refractivity contribution in [3.8, 4) is 11.4 Å². The van der Waals surface area contributed by atoms with Crippen LogP contribution in [0.25, 0.3) is 11.4 Å². The first kappa shape index (κ1) is 15.3. The molecule has 1 amide bonds. The highest BCUT2D eigenvalue weighted by molar-refractivity contribution is 6.03. The second kappa shape index (κ2) is 6.01. The lowest BCUT2D eigenvalue weighted by Gasteiger charge is -2.05. The van der Waals surface area contributed by atoms with E-state index in [0.717, 1.165) is 24.1 Å². The summed E-state index contributed by atoms with van der Waals surface area (Å²) in [5.74, 6) is 0.777. The van der Waals surface area contributed by atoms with Crippen LogP contribution in [0.3, 0.4) is 0 Å². The minimum atomic E-state index is -0.252. The molecule has 0 unspecified atom stereocenters. The van der Waals surface area contributed by atoms with Crippen LogP contribution < -0.4 is 10.9 Å². The second-order valence-electron chi connectivity index (χ2n) is 6.25. The molecule has 0 atom stereocenters. The molecule has 4 rings (SSSR count). The second-order valence-corrected chi connectivity index (χ2v) is 6.25. The predicted molar refractivity (Wildman–Crippen MR) is 93.5 cm³/mol. The molecule has 0 saturated heterocycles. The van der Waals surface area contributed by atoms with E-state index in [1.807, 2.05) is 6.07 Å². The number of benzene rings is 1. The number of nitrogens with one attached hydrogen (secondary N) is 3. The Labute approximate surface area is 143 Å². The maximum atomic E-state index is 12.3. The Morgan fingerprint density at radius 2 is 1.96 bits per heavy atom. The third-order valence-corrected chi connectivity index (χ3v) is 4.13. The van der Waals surface area contributed by atoms with Gasteiger partial charge in [0, 0.05) is 34.6 Å². The van der Waals surface area contributed by atoms with Crippen molar-refractivity contribution in [2.75, 3.05) is 5.32 Å². The molecule has 1 aliphatic carbocycles. The topological polar surface area (TPSA) is 104 Å². The molecule has 2 aromatic heterocycles. The lowest BCUT2D eigenvalue weighted by Crippen LogP contribution is -2.12. The summed E-state index contributed by atoms with van der Waals surface area (Å²) < 4.78 is 0. The number of nitrogens with zero attached hydrogens (tertiary/aromatic N) is 2. The lowest BCUT2D eigenvalue weighted by atomic mass is 10.2. The molecule has 1 aromatic carbocycles. The fraction of sp³-hybridized carbons (Fsp3) is 0.222. The van der Waals surface area contributed by atoms with Crippen molar-refractivity contribution in [2.45, 2.75) is 25.7 Å². The predicted octanol–water partition coefficient (Wildman–Crippen LogP) is 2.60. The van der Waals surface area contributed by atoms with Gasteiger partial charge < -0.3 is 10.3 Å². The molecule has 7 heteroatoms. The molecule has 1 aliphatic rings. The first-order chi connectivity index (χ1) is 12.1. The highest BCUT2D eigenvalue weighted by Gasteiger charge is 2.26. The number of H-pyrrole nitrogens is 2. The van der Waals surface area contributed by atoms with Gasteiger partial charge >= 0.3 is 0 Å². The monoisotopic (exact) mass is 335 g/mol. The molecule has 2 heterocycles. The molecule has 1 fully saturated rings. The Kier molecular flexibility index (Phi) is 3.68. The summed E-state index contributed by atoms with van der Waals surface area (Å²) in [5.41, 5.74) is 3.30. The van der Waals surface area contributed by atoms with Crippen LogP contribution >= 0.6 is 0 Å². The quantitative estimate of drug-likeness (QED) is 0.681. The molecule has 3 N–H and O–H groups in total. The van der Waals surface area contributed by atoms with Gasteiger partial charge in [0.15, 0.2) is 5.69 Å². The van der Waals surface area contributed by atoms with Gasteiger partial charge in [-0.3, -0.25) is 14.7 Å². The number of rotatable bonds is 4. The van der Waals surface area contributed by atoms with Crippen molar-refractivity contribution in [3.05, 3.63) is 63.8 Å². The number of aryl methyl sites for hydroxylation is 1. The number of hydrogen-bond acceptors (Lipinski definition) is 4. The van der Waals surface area contributed by atoms with Crippen LogP contribution in [0.2, 0.25) is 0 Å². The number of hydrogen-bond donors (Lipinski definition) is 3. The zero-order chi connectivity index (χ0) is 17.4. The highest BCUT2D eigenvalue weighted by atomic mass is 16.2. The maximum absolute atomic E-state index is 12.3. The normalized spacial score (nSPS) is 13.6. The molecule has 0 radical (unpaired) electrons. The van der Waals surface area contributed by atoms with Gasteiger partial charge in [-0.2, -0.15) is 5.10 Å². The van der Waals surface area contributed by atoms with Gasteiger partial charge in [0.2, 0.25) is 0 Å². The van der Waals surface area contributed by atoms with Crippen LogP contribution in [-0.2, 0) is 0 Å². The number of carbonyl (C=O) groups excluding carboxylic acids is 1. The van der Waals surface area contributed by atoms with Crippen molar-refractivity contribution in [1.82, 2.24) is 20.2 Å². The first-order valence-electron chi connectivity index (χ1n) is 8.13. The highest BCUT2D eigenvalue weighted by Crippen LogP contribution is 2.39. The number of carbonyl (C=O) groups is 1. The summed E-state index contributed by atoms with van der Waals surface area (Å²) in [5, 5.41) is 9.81. The van der Waals surface area contributed by atoms with Gasteiger partial charge in [-0.15, -0.1) is 0 Å². The van der Waals surface area contributed by atoms with Crippen LogP contribution in [0.4, 0.5) is 5.69 Å². The Morgan fingerprint density at radius 3 is 2.64 bits per heavy atom. The smallest absolute Gasteiger partial charge is 0.276 e. The SMILES string of the molecule is Cc1cc(=O)[nH]c(-c2ccc(NC(=O)c3cc(C4CC4)[nH]n3)cc2)n1. The fourth-order valence-corrected chi connectivity index (χ4v) is 2.68. The largest absolute Gasteiger partial charge is 0.321 e. The van der Waals surface area contributed by atoms with Crippen LogP contribution in [0.15, 0.2) is 41.2 Å². The maximum Gasteiger partial charge on any atom is 0.276 e. The minimum absolute atomic E-state index is 0.190. The number of aromatic nitrogens is 4. The molecule has 3 aromatic rings. The van der Waals surface area contributed by atoms with Crippen LogP contribution in [0.5, 0.6) is 0 Å². The lowest BCUT2D eigenvalue weighted by molar-refractivity contribution is 0.102. The van der Waals surface area contributed by atoms with Crippen LogP contribution in [0.1, 0.15) is 40.6 Å². The summed E-state index contributed by atoms with van der Waals surface area (Å²) in [6.07, 6.45) is 2.31. The van der Waals surface area contributed by atoms with Crippen molar-refractivity contribution in [2.24, 2.45) is 0 Å². The Hall–Kier alpha value is -3.22. The third kappa shape index (κ3) is 3.35. The van der Waals surface area contributed by atoms with Crippen LogP contribution in [-0.4, -0.2) is 26.1 Å². The molecular weight excluding hydrogens is 318 g/mol.